The van der Waals surface area contributed by atoms with E-state index in [4.69, 9.17) is 16.3 Å². The van der Waals surface area contributed by atoms with Crippen molar-refractivity contribution in [3.05, 3.63) is 51.3 Å². The molecule has 2 rings (SSSR count). The van der Waals surface area contributed by atoms with Gasteiger partial charge in [-0.25, -0.2) is 4.79 Å². The Morgan fingerprint density at radius 2 is 1.76 bits per heavy atom. The van der Waals surface area contributed by atoms with Crippen molar-refractivity contribution in [2.75, 3.05) is 18.5 Å². The zero-order valence-corrected chi connectivity index (χ0v) is 17.3. The highest BCUT2D eigenvalue weighted by molar-refractivity contribution is 6.31. The number of halogens is 1. The number of aromatic nitrogens is 1. The van der Waals surface area contributed by atoms with E-state index in [0.717, 1.165) is 0 Å². The molecule has 1 heterocycles. The molecule has 0 fully saturated rings. The fraction of sp³-hybridized carbons (Fsp3) is 0.300. The molecule has 0 spiro atoms. The summed E-state index contributed by atoms with van der Waals surface area (Å²) in [5.74, 6) is -2.01. The number of hydrogen-bond donors (Lipinski definition) is 3. The molecule has 0 unspecified atom stereocenters. The number of anilines is 1. The normalized spacial score (nSPS) is 10.4. The molecule has 0 aliphatic heterocycles. The molecule has 0 radical (unpaired) electrons. The lowest BCUT2D eigenvalue weighted by molar-refractivity contribution is -0.126. The predicted octanol–water partition coefficient (Wildman–Crippen LogP) is 2.71. The summed E-state index contributed by atoms with van der Waals surface area (Å²) in [5.41, 5.74) is 2.83. The van der Waals surface area contributed by atoms with Gasteiger partial charge in [-0.05, 0) is 51.0 Å². The van der Waals surface area contributed by atoms with E-state index in [9.17, 15) is 19.2 Å². The van der Waals surface area contributed by atoms with Gasteiger partial charge in [-0.1, -0.05) is 17.7 Å². The van der Waals surface area contributed by atoms with E-state index >= 15 is 0 Å². The van der Waals surface area contributed by atoms with Crippen LogP contribution < -0.4 is 10.6 Å². The molecule has 1 aromatic heterocycles. The molecule has 2 aromatic rings. The van der Waals surface area contributed by atoms with Crippen molar-refractivity contribution in [3.8, 4) is 0 Å². The first kappa shape index (κ1) is 22.2. The Labute approximate surface area is 173 Å². The number of carbonyl (C=O) groups excluding carboxylic acids is 4. The number of hydrogen-bond acceptors (Lipinski definition) is 5. The minimum absolute atomic E-state index is 0.120. The van der Waals surface area contributed by atoms with Crippen molar-refractivity contribution in [2.24, 2.45) is 0 Å². The molecule has 8 nitrogen and oxygen atoms in total. The summed E-state index contributed by atoms with van der Waals surface area (Å²) in [6.07, 6.45) is 0. The lowest BCUT2D eigenvalue weighted by Crippen LogP contribution is -2.35. The molecule has 0 aliphatic carbocycles. The second-order valence-electron chi connectivity index (χ2n) is 6.49. The summed E-state index contributed by atoms with van der Waals surface area (Å²) < 4.78 is 4.96. The van der Waals surface area contributed by atoms with E-state index in [1.165, 1.54) is 6.92 Å². The predicted molar refractivity (Wildman–Crippen MR) is 108 cm³/mol. The fourth-order valence-electron chi connectivity index (χ4n) is 2.85. The van der Waals surface area contributed by atoms with Crippen LogP contribution in [0.4, 0.5) is 5.69 Å². The van der Waals surface area contributed by atoms with Crippen LogP contribution in [0, 0.1) is 20.8 Å². The molecule has 0 aliphatic rings. The van der Waals surface area contributed by atoms with E-state index in [1.807, 2.05) is 0 Å². The van der Waals surface area contributed by atoms with E-state index in [0.29, 0.717) is 33.1 Å². The number of amides is 2. The number of ether oxygens (including phenoxy) is 1. The molecule has 29 heavy (non-hydrogen) atoms. The molecular weight excluding hydrogens is 398 g/mol. The average molecular weight is 420 g/mol. The monoisotopic (exact) mass is 419 g/mol. The number of aromatic amines is 1. The Bertz CT molecular complexity index is 981. The minimum atomic E-state index is -0.757. The second-order valence-corrected chi connectivity index (χ2v) is 6.90. The molecule has 0 atom stereocenters. The topological polar surface area (TPSA) is 117 Å². The zero-order chi connectivity index (χ0) is 21.7. The summed E-state index contributed by atoms with van der Waals surface area (Å²) in [5, 5.41) is 5.52. The van der Waals surface area contributed by atoms with Crippen molar-refractivity contribution in [1.29, 1.82) is 0 Å². The van der Waals surface area contributed by atoms with Crippen LogP contribution in [0.3, 0.4) is 0 Å². The van der Waals surface area contributed by atoms with Crippen molar-refractivity contribution in [2.45, 2.75) is 27.7 Å². The van der Waals surface area contributed by atoms with Crippen LogP contribution in [0.25, 0.3) is 0 Å². The Hall–Kier alpha value is -3.13. The number of nitrogens with one attached hydrogen (secondary N) is 3. The largest absolute Gasteiger partial charge is 0.451 e. The number of H-pyrrole nitrogens is 1. The summed E-state index contributed by atoms with van der Waals surface area (Å²) in [7, 11) is 0. The maximum absolute atomic E-state index is 12.2. The second kappa shape index (κ2) is 9.38. The Balaban J connectivity index is 1.85. The highest BCUT2D eigenvalue weighted by Gasteiger charge is 2.21. The van der Waals surface area contributed by atoms with Gasteiger partial charge in [0.25, 0.3) is 5.91 Å². The van der Waals surface area contributed by atoms with Crippen LogP contribution in [-0.2, 0) is 14.3 Å². The Morgan fingerprint density at radius 3 is 2.38 bits per heavy atom. The summed E-state index contributed by atoms with van der Waals surface area (Å²) in [6.45, 7) is 5.61. The van der Waals surface area contributed by atoms with Gasteiger partial charge in [0.1, 0.15) is 5.69 Å². The van der Waals surface area contributed by atoms with Gasteiger partial charge in [-0.15, -0.1) is 0 Å². The number of Topliss-reactive ketones (excluding diaryl/α,β-unsaturated/α-hetero) is 1. The maximum Gasteiger partial charge on any atom is 0.355 e. The number of rotatable bonds is 7. The molecular formula is C20H22ClN3O5. The first-order valence-electron chi connectivity index (χ1n) is 8.80. The van der Waals surface area contributed by atoms with E-state index < -0.39 is 24.4 Å². The van der Waals surface area contributed by atoms with Gasteiger partial charge in [0.05, 0.1) is 6.54 Å². The van der Waals surface area contributed by atoms with E-state index in [2.05, 4.69) is 15.6 Å². The molecule has 0 saturated carbocycles. The summed E-state index contributed by atoms with van der Waals surface area (Å²) in [4.78, 5) is 50.4. The highest BCUT2D eigenvalue weighted by Crippen LogP contribution is 2.22. The third-order valence-electron chi connectivity index (χ3n) is 4.32. The Morgan fingerprint density at radius 1 is 1.07 bits per heavy atom. The number of aryl methyl sites for hydroxylation is 1. The highest BCUT2D eigenvalue weighted by atomic mass is 35.5. The van der Waals surface area contributed by atoms with Gasteiger partial charge in [-0.2, -0.15) is 0 Å². The first-order valence-corrected chi connectivity index (χ1v) is 9.18. The SMILES string of the molecule is CC(=O)c1c(C)[nH]c(C(=O)OCC(=O)NCC(=O)Nc2cccc(Cl)c2C)c1C. The number of esters is 1. The number of benzene rings is 1. The van der Waals surface area contributed by atoms with Crippen molar-refractivity contribution < 1.29 is 23.9 Å². The molecule has 9 heteroatoms. The summed E-state index contributed by atoms with van der Waals surface area (Å²) in [6, 6.07) is 5.10. The third kappa shape index (κ3) is 5.45. The van der Waals surface area contributed by atoms with Crippen LogP contribution in [0.5, 0.6) is 0 Å². The standard InChI is InChI=1S/C20H22ClN3O5/c1-10-14(21)6-5-7-15(10)24-16(26)8-22-17(27)9-29-20(28)19-11(2)18(13(4)25)12(3)23-19/h5-7,23H,8-9H2,1-4H3,(H,22,27)(H,24,26). The fourth-order valence-corrected chi connectivity index (χ4v) is 3.03. The van der Waals surface area contributed by atoms with Gasteiger partial charge in [-0.3, -0.25) is 14.4 Å². The Kier molecular flexibility index (Phi) is 7.17. The van der Waals surface area contributed by atoms with Crippen molar-refractivity contribution in [3.63, 3.8) is 0 Å². The van der Waals surface area contributed by atoms with Gasteiger partial charge in [0, 0.05) is 22.0 Å². The minimum Gasteiger partial charge on any atom is -0.451 e. The van der Waals surface area contributed by atoms with Crippen LogP contribution in [0.15, 0.2) is 18.2 Å². The smallest absolute Gasteiger partial charge is 0.355 e. The van der Waals surface area contributed by atoms with Crippen LogP contribution >= 0.6 is 11.6 Å². The molecule has 1 aromatic carbocycles. The van der Waals surface area contributed by atoms with E-state index in [-0.39, 0.29) is 18.0 Å². The van der Waals surface area contributed by atoms with Crippen molar-refractivity contribution in [1.82, 2.24) is 10.3 Å². The van der Waals surface area contributed by atoms with Crippen LogP contribution in [0.2, 0.25) is 5.02 Å². The molecule has 0 bridgehead atoms. The van der Waals surface area contributed by atoms with Crippen LogP contribution in [-0.4, -0.2) is 41.7 Å². The van der Waals surface area contributed by atoms with Gasteiger partial charge < -0.3 is 20.4 Å². The lowest BCUT2D eigenvalue weighted by atomic mass is 10.1. The molecule has 3 N–H and O–H groups in total. The molecule has 154 valence electrons. The molecule has 0 saturated heterocycles. The summed E-state index contributed by atoms with van der Waals surface area (Å²) >= 11 is 6.00. The number of carbonyl (C=O) groups is 4. The zero-order valence-electron chi connectivity index (χ0n) is 16.6. The quantitative estimate of drug-likeness (QED) is 0.471. The third-order valence-corrected chi connectivity index (χ3v) is 4.73. The first-order chi connectivity index (χ1) is 13.6. The lowest BCUT2D eigenvalue weighted by Gasteiger charge is -2.10. The number of ketones is 1. The van der Waals surface area contributed by atoms with Crippen LogP contribution in [0.1, 0.15) is 44.6 Å². The molecule has 2 amide bonds. The maximum atomic E-state index is 12.2. The van der Waals surface area contributed by atoms with Gasteiger partial charge in [0.2, 0.25) is 5.91 Å². The average Bonchev–Trinajstić information content (AvgIpc) is 2.96. The van der Waals surface area contributed by atoms with Gasteiger partial charge in [0.15, 0.2) is 12.4 Å². The van der Waals surface area contributed by atoms with Gasteiger partial charge >= 0.3 is 5.97 Å². The van der Waals surface area contributed by atoms with Crippen molar-refractivity contribution >= 4 is 40.9 Å². The van der Waals surface area contributed by atoms with E-state index in [1.54, 1.807) is 39.0 Å².